The number of ketones is 1. The van der Waals surface area contributed by atoms with E-state index in [1.54, 1.807) is 12.1 Å². The van der Waals surface area contributed by atoms with Gasteiger partial charge < -0.3 is 9.64 Å². The van der Waals surface area contributed by atoms with Crippen molar-refractivity contribution in [2.75, 3.05) is 25.6 Å². The van der Waals surface area contributed by atoms with Gasteiger partial charge in [-0.3, -0.25) is 4.79 Å². The molecule has 0 N–H and O–H groups in total. The van der Waals surface area contributed by atoms with Gasteiger partial charge in [-0.15, -0.1) is 0 Å². The van der Waals surface area contributed by atoms with E-state index in [9.17, 15) is 4.79 Å². The van der Waals surface area contributed by atoms with Crippen LogP contribution in [0.3, 0.4) is 0 Å². The van der Waals surface area contributed by atoms with Crippen LogP contribution in [0.4, 0.5) is 5.69 Å². The van der Waals surface area contributed by atoms with E-state index in [-0.39, 0.29) is 5.78 Å². The molecule has 0 saturated heterocycles. The number of Topliss-reactive ketones (excluding diaryl/α,β-unsaturated/α-hetero) is 1. The van der Waals surface area contributed by atoms with Crippen LogP contribution < -0.4 is 9.64 Å². The predicted molar refractivity (Wildman–Crippen MR) is 66.5 cm³/mol. The van der Waals surface area contributed by atoms with Crippen molar-refractivity contribution in [1.29, 1.82) is 0 Å². The summed E-state index contributed by atoms with van der Waals surface area (Å²) in [4.78, 5) is 13.4. The minimum atomic E-state index is 0.00404. The van der Waals surface area contributed by atoms with Crippen LogP contribution in [0.2, 0.25) is 0 Å². The Balaban J connectivity index is 3.10. The highest BCUT2D eigenvalue weighted by molar-refractivity contribution is 5.97. The summed E-state index contributed by atoms with van der Waals surface area (Å²) in [5.41, 5.74) is 1.61. The van der Waals surface area contributed by atoms with Crippen molar-refractivity contribution in [3.63, 3.8) is 0 Å². The molecule has 3 heteroatoms. The zero-order valence-electron chi connectivity index (χ0n) is 9.99. The normalized spacial score (nSPS) is 9.69. The van der Waals surface area contributed by atoms with Gasteiger partial charge in [0.1, 0.15) is 12.4 Å². The predicted octanol–water partition coefficient (Wildman–Crippen LogP) is 2.52. The number of nitrogens with zero attached hydrogens (tertiary/aromatic N) is 1. The fraction of sp³-hybridized carbons (Fsp3) is 0.308. The molecule has 0 aliphatic carbocycles. The molecular formula is C13H17NO2. The van der Waals surface area contributed by atoms with Gasteiger partial charge in [0.25, 0.3) is 0 Å². The molecule has 0 bridgehead atoms. The van der Waals surface area contributed by atoms with E-state index in [1.807, 2.05) is 31.1 Å². The third kappa shape index (κ3) is 2.86. The fourth-order valence-corrected chi connectivity index (χ4v) is 1.35. The molecule has 3 nitrogen and oxygen atoms in total. The van der Waals surface area contributed by atoms with Crippen molar-refractivity contribution in [3.8, 4) is 5.75 Å². The number of hydrogen-bond acceptors (Lipinski definition) is 3. The Morgan fingerprint density at radius 1 is 1.50 bits per heavy atom. The summed E-state index contributed by atoms with van der Waals surface area (Å²) in [6, 6.07) is 5.55. The van der Waals surface area contributed by atoms with Gasteiger partial charge in [0.2, 0.25) is 0 Å². The number of rotatable bonds is 5. The molecule has 0 fully saturated rings. The largest absolute Gasteiger partial charge is 0.489 e. The number of carbonyl (C=O) groups excluding carboxylic acids is 1. The maximum atomic E-state index is 11.4. The van der Waals surface area contributed by atoms with Gasteiger partial charge in [0.05, 0.1) is 5.56 Å². The van der Waals surface area contributed by atoms with Gasteiger partial charge in [-0.05, 0) is 19.1 Å². The molecule has 0 aliphatic heterocycles. The Bertz CT molecular complexity index is 397. The summed E-state index contributed by atoms with van der Waals surface area (Å²) < 4.78 is 5.47. The highest BCUT2D eigenvalue weighted by Crippen LogP contribution is 2.25. The average molecular weight is 219 g/mol. The number of anilines is 1. The minimum absolute atomic E-state index is 0.00404. The van der Waals surface area contributed by atoms with Gasteiger partial charge in [0.15, 0.2) is 5.78 Å². The molecule has 86 valence electrons. The summed E-state index contributed by atoms with van der Waals surface area (Å²) in [7, 11) is 3.89. The molecule has 0 aliphatic rings. The van der Waals surface area contributed by atoms with Crippen LogP contribution in [0.15, 0.2) is 30.9 Å². The molecule has 1 aromatic rings. The van der Waals surface area contributed by atoms with Crippen LogP contribution in [0, 0.1) is 0 Å². The molecule has 0 spiro atoms. The highest BCUT2D eigenvalue weighted by atomic mass is 16.5. The zero-order chi connectivity index (χ0) is 12.1. The number of hydrogen-bond donors (Lipinski definition) is 0. The molecule has 16 heavy (non-hydrogen) atoms. The molecule has 0 heterocycles. The summed E-state index contributed by atoms with van der Waals surface area (Å²) in [5, 5.41) is 0. The number of carbonyl (C=O) groups is 1. The van der Waals surface area contributed by atoms with Crippen LogP contribution >= 0.6 is 0 Å². The topological polar surface area (TPSA) is 29.5 Å². The first-order chi connectivity index (χ1) is 7.56. The van der Waals surface area contributed by atoms with Crippen LogP contribution in [0.25, 0.3) is 0 Å². The van der Waals surface area contributed by atoms with E-state index < -0.39 is 0 Å². The van der Waals surface area contributed by atoms with E-state index in [1.165, 1.54) is 6.92 Å². The summed E-state index contributed by atoms with van der Waals surface area (Å²) in [6.45, 7) is 5.52. The first-order valence-electron chi connectivity index (χ1n) is 5.12. The molecule has 0 radical (unpaired) electrons. The van der Waals surface area contributed by atoms with Crippen molar-refractivity contribution >= 4 is 11.5 Å². The molecular weight excluding hydrogens is 202 g/mol. The van der Waals surface area contributed by atoms with Crippen molar-refractivity contribution in [3.05, 3.63) is 36.4 Å². The van der Waals surface area contributed by atoms with Crippen molar-refractivity contribution < 1.29 is 9.53 Å². The zero-order valence-corrected chi connectivity index (χ0v) is 9.99. The molecule has 0 saturated carbocycles. The van der Waals surface area contributed by atoms with Gasteiger partial charge >= 0.3 is 0 Å². The molecule has 0 atom stereocenters. The van der Waals surface area contributed by atoms with Crippen molar-refractivity contribution in [2.24, 2.45) is 0 Å². The highest BCUT2D eigenvalue weighted by Gasteiger charge is 2.09. The second-order valence-corrected chi connectivity index (χ2v) is 3.73. The maximum absolute atomic E-state index is 11.4. The van der Waals surface area contributed by atoms with Gasteiger partial charge in [-0.25, -0.2) is 0 Å². The van der Waals surface area contributed by atoms with Gasteiger partial charge in [0, 0.05) is 25.8 Å². The molecule has 0 amide bonds. The molecule has 0 aromatic heterocycles. The first-order valence-corrected chi connectivity index (χ1v) is 5.12. The second kappa shape index (κ2) is 5.35. The SMILES string of the molecule is C=CCOc1cc(N(C)C)ccc1C(C)=O. The number of benzene rings is 1. The standard InChI is InChI=1S/C13H17NO2/c1-5-8-16-13-9-11(14(3)4)6-7-12(13)10(2)15/h5-7,9H,1,8H2,2-4H3. The average Bonchev–Trinajstić information content (AvgIpc) is 2.25. The number of ether oxygens (including phenoxy) is 1. The van der Waals surface area contributed by atoms with Crippen molar-refractivity contribution in [2.45, 2.75) is 6.92 Å². The Morgan fingerprint density at radius 3 is 2.69 bits per heavy atom. The van der Waals surface area contributed by atoms with Gasteiger partial charge in [-0.2, -0.15) is 0 Å². The van der Waals surface area contributed by atoms with E-state index >= 15 is 0 Å². The first kappa shape index (κ1) is 12.3. The fourth-order valence-electron chi connectivity index (χ4n) is 1.35. The third-order valence-corrected chi connectivity index (χ3v) is 2.22. The van der Waals surface area contributed by atoms with E-state index in [0.29, 0.717) is 17.9 Å². The lowest BCUT2D eigenvalue weighted by atomic mass is 10.1. The quantitative estimate of drug-likeness (QED) is 0.563. The van der Waals surface area contributed by atoms with Crippen LogP contribution in [-0.4, -0.2) is 26.5 Å². The van der Waals surface area contributed by atoms with Crippen LogP contribution in [-0.2, 0) is 0 Å². The second-order valence-electron chi connectivity index (χ2n) is 3.73. The van der Waals surface area contributed by atoms with Crippen LogP contribution in [0.5, 0.6) is 5.75 Å². The lowest BCUT2D eigenvalue weighted by Crippen LogP contribution is -2.10. The molecule has 1 aromatic carbocycles. The van der Waals surface area contributed by atoms with Gasteiger partial charge in [-0.1, -0.05) is 12.7 Å². The summed E-state index contributed by atoms with van der Waals surface area (Å²) in [6.07, 6.45) is 1.66. The van der Waals surface area contributed by atoms with E-state index in [2.05, 4.69) is 6.58 Å². The Morgan fingerprint density at radius 2 is 2.19 bits per heavy atom. The Labute approximate surface area is 96.3 Å². The minimum Gasteiger partial charge on any atom is -0.489 e. The lowest BCUT2D eigenvalue weighted by Gasteiger charge is -2.15. The van der Waals surface area contributed by atoms with Crippen molar-refractivity contribution in [1.82, 2.24) is 0 Å². The maximum Gasteiger partial charge on any atom is 0.163 e. The van der Waals surface area contributed by atoms with E-state index in [4.69, 9.17) is 4.74 Å². The Kier molecular flexibility index (Phi) is 4.11. The molecule has 1 rings (SSSR count). The lowest BCUT2D eigenvalue weighted by molar-refractivity contribution is 0.101. The molecule has 0 unspecified atom stereocenters. The van der Waals surface area contributed by atoms with E-state index in [0.717, 1.165) is 5.69 Å². The monoisotopic (exact) mass is 219 g/mol. The smallest absolute Gasteiger partial charge is 0.163 e. The Hall–Kier alpha value is -1.77. The summed E-state index contributed by atoms with van der Waals surface area (Å²) >= 11 is 0. The van der Waals surface area contributed by atoms with Crippen LogP contribution in [0.1, 0.15) is 17.3 Å². The summed E-state index contributed by atoms with van der Waals surface area (Å²) in [5.74, 6) is 0.614. The third-order valence-electron chi connectivity index (χ3n) is 2.22.